The molecule has 108 valence electrons. The van der Waals surface area contributed by atoms with E-state index in [1.165, 1.54) is 0 Å². The average molecular weight is 290 g/mol. The minimum atomic E-state index is 0.655. The minimum Gasteiger partial charge on any atom is -0.331 e. The number of rotatable bonds is 4. The Morgan fingerprint density at radius 1 is 0.727 bits per heavy atom. The van der Waals surface area contributed by atoms with Gasteiger partial charge >= 0.3 is 0 Å². The maximum absolute atomic E-state index is 4.79. The van der Waals surface area contributed by atoms with E-state index < -0.39 is 0 Å². The molecule has 3 heterocycles. The van der Waals surface area contributed by atoms with Crippen molar-refractivity contribution in [3.8, 4) is 0 Å². The summed E-state index contributed by atoms with van der Waals surface area (Å²) in [5, 5.41) is 0. The molecule has 0 aliphatic rings. The number of hydrogen-bond acceptors (Lipinski definition) is 4. The van der Waals surface area contributed by atoms with E-state index in [2.05, 4.69) is 9.97 Å². The van der Waals surface area contributed by atoms with Crippen molar-refractivity contribution < 1.29 is 0 Å². The van der Waals surface area contributed by atoms with E-state index in [4.69, 9.17) is 9.97 Å². The normalized spacial score (nSPS) is 11.1. The molecule has 4 aromatic rings. The van der Waals surface area contributed by atoms with Gasteiger partial charge in [-0.1, -0.05) is 12.1 Å². The van der Waals surface area contributed by atoms with Crippen molar-refractivity contribution in [2.75, 3.05) is 0 Å². The number of hydrogen-bond donors (Lipinski definition) is 0. The zero-order chi connectivity index (χ0) is 14.8. The number of benzene rings is 1. The molecule has 0 bridgehead atoms. The molecule has 0 aliphatic heterocycles. The second kappa shape index (κ2) is 5.40. The predicted octanol–water partition coefficient (Wildman–Crippen LogP) is 2.12. The molecule has 0 spiro atoms. The fraction of sp³-hybridized carbons (Fsp3) is 0.125. The van der Waals surface area contributed by atoms with Crippen LogP contribution in [0.15, 0.2) is 61.7 Å². The lowest BCUT2D eigenvalue weighted by Gasteiger charge is -2.11. The van der Waals surface area contributed by atoms with Crippen molar-refractivity contribution in [3.63, 3.8) is 0 Å². The van der Waals surface area contributed by atoms with Gasteiger partial charge in [0, 0.05) is 24.8 Å². The van der Waals surface area contributed by atoms with E-state index >= 15 is 0 Å². The van der Waals surface area contributed by atoms with Crippen LogP contribution in [0.25, 0.3) is 11.0 Å². The lowest BCUT2D eigenvalue weighted by molar-refractivity contribution is 0.714. The van der Waals surface area contributed by atoms with Crippen LogP contribution in [-0.2, 0) is 13.1 Å². The summed E-state index contributed by atoms with van der Waals surface area (Å²) in [6, 6.07) is 7.93. The fourth-order valence-electron chi connectivity index (χ4n) is 2.43. The molecule has 1 aromatic carbocycles. The Labute approximate surface area is 127 Å². The lowest BCUT2D eigenvalue weighted by atomic mass is 10.2. The quantitative estimate of drug-likeness (QED) is 0.577. The highest BCUT2D eigenvalue weighted by molar-refractivity contribution is 5.74. The van der Waals surface area contributed by atoms with Crippen molar-refractivity contribution in [3.05, 3.63) is 73.1 Å². The number of imidazole rings is 2. The van der Waals surface area contributed by atoms with Crippen LogP contribution in [0, 0.1) is 0 Å². The maximum atomic E-state index is 4.79. The molecular weight excluding hydrogens is 276 g/mol. The van der Waals surface area contributed by atoms with Crippen molar-refractivity contribution >= 4 is 11.0 Å². The molecule has 6 heteroatoms. The van der Waals surface area contributed by atoms with Crippen molar-refractivity contribution in [1.29, 1.82) is 0 Å². The summed E-state index contributed by atoms with van der Waals surface area (Å²) in [7, 11) is 0. The molecule has 0 unspecified atom stereocenters. The van der Waals surface area contributed by atoms with Crippen molar-refractivity contribution in [2.24, 2.45) is 0 Å². The molecule has 0 atom stereocenters. The van der Waals surface area contributed by atoms with Gasteiger partial charge in [-0.15, -0.1) is 0 Å². The topological polar surface area (TPSA) is 61.4 Å². The highest BCUT2D eigenvalue weighted by Crippen LogP contribution is 2.15. The summed E-state index contributed by atoms with van der Waals surface area (Å²) >= 11 is 0. The Morgan fingerprint density at radius 3 is 1.64 bits per heavy atom. The molecule has 3 aromatic heterocycles. The van der Waals surface area contributed by atoms with Gasteiger partial charge in [0.25, 0.3) is 0 Å². The molecular formula is C16H14N6. The molecule has 0 N–H and O–H groups in total. The molecule has 0 amide bonds. The Morgan fingerprint density at radius 2 is 1.23 bits per heavy atom. The second-order valence-electron chi connectivity index (χ2n) is 5.08. The molecule has 0 saturated carbocycles. The zero-order valence-corrected chi connectivity index (χ0v) is 11.9. The molecule has 0 radical (unpaired) electrons. The molecule has 6 nitrogen and oxygen atoms in total. The Balaban J connectivity index is 1.79. The predicted molar refractivity (Wildman–Crippen MR) is 82.2 cm³/mol. The SMILES string of the molecule is c1ccc2nc(Cn3ccnc3)c(Cn3ccnc3)nc2c1. The minimum absolute atomic E-state index is 0.655. The van der Waals surface area contributed by atoms with E-state index in [9.17, 15) is 0 Å². The monoisotopic (exact) mass is 290 g/mol. The first-order valence-corrected chi connectivity index (χ1v) is 7.04. The van der Waals surface area contributed by atoms with Crippen LogP contribution in [0.1, 0.15) is 11.4 Å². The maximum Gasteiger partial charge on any atom is 0.0949 e. The zero-order valence-electron chi connectivity index (χ0n) is 11.9. The van der Waals surface area contributed by atoms with E-state index in [0.717, 1.165) is 22.4 Å². The van der Waals surface area contributed by atoms with Crippen LogP contribution >= 0.6 is 0 Å². The Hall–Kier alpha value is -3.02. The van der Waals surface area contributed by atoms with Crippen LogP contribution in [0.5, 0.6) is 0 Å². The Kier molecular flexibility index (Phi) is 3.12. The summed E-state index contributed by atoms with van der Waals surface area (Å²) in [5.74, 6) is 0. The number of fused-ring (bicyclic) bond motifs is 1. The third-order valence-corrected chi connectivity index (χ3v) is 3.51. The smallest absolute Gasteiger partial charge is 0.0949 e. The highest BCUT2D eigenvalue weighted by atomic mass is 15.1. The highest BCUT2D eigenvalue weighted by Gasteiger charge is 2.10. The van der Waals surface area contributed by atoms with Crippen LogP contribution in [0.4, 0.5) is 0 Å². The molecule has 0 aliphatic carbocycles. The summed E-state index contributed by atoms with van der Waals surface area (Å²) in [4.78, 5) is 17.7. The molecule has 0 fully saturated rings. The third kappa shape index (κ3) is 2.46. The van der Waals surface area contributed by atoms with E-state index in [1.54, 1.807) is 25.0 Å². The summed E-state index contributed by atoms with van der Waals surface area (Å²) < 4.78 is 3.99. The fourth-order valence-corrected chi connectivity index (χ4v) is 2.43. The van der Waals surface area contributed by atoms with Crippen LogP contribution < -0.4 is 0 Å². The first-order valence-electron chi connectivity index (χ1n) is 7.04. The first-order chi connectivity index (χ1) is 10.9. The number of nitrogens with zero attached hydrogens (tertiary/aromatic N) is 6. The molecule has 4 rings (SSSR count). The number of para-hydroxylation sites is 2. The van der Waals surface area contributed by atoms with Gasteiger partial charge in [-0.05, 0) is 12.1 Å². The first kappa shape index (κ1) is 12.7. The molecule has 22 heavy (non-hydrogen) atoms. The second-order valence-corrected chi connectivity index (χ2v) is 5.08. The lowest BCUT2D eigenvalue weighted by Crippen LogP contribution is -2.10. The Bertz CT molecular complexity index is 806. The van der Waals surface area contributed by atoms with Gasteiger partial charge in [-0.3, -0.25) is 0 Å². The van der Waals surface area contributed by atoms with Gasteiger partial charge in [0.05, 0.1) is 48.2 Å². The average Bonchev–Trinajstić information content (AvgIpc) is 3.21. The van der Waals surface area contributed by atoms with Gasteiger partial charge < -0.3 is 9.13 Å². The van der Waals surface area contributed by atoms with Crippen LogP contribution in [0.3, 0.4) is 0 Å². The van der Waals surface area contributed by atoms with Crippen LogP contribution in [-0.4, -0.2) is 29.1 Å². The van der Waals surface area contributed by atoms with Crippen LogP contribution in [0.2, 0.25) is 0 Å². The summed E-state index contributed by atoms with van der Waals surface area (Å²) in [6.07, 6.45) is 11.0. The van der Waals surface area contributed by atoms with E-state index in [-0.39, 0.29) is 0 Å². The standard InChI is InChI=1S/C16H14N6/c1-2-4-14-13(3-1)19-15(9-21-7-5-17-11-21)16(20-14)10-22-8-6-18-12-22/h1-8,11-12H,9-10H2. The summed E-state index contributed by atoms with van der Waals surface area (Å²) in [6.45, 7) is 1.31. The van der Waals surface area contributed by atoms with Gasteiger partial charge in [-0.2, -0.15) is 0 Å². The largest absolute Gasteiger partial charge is 0.331 e. The van der Waals surface area contributed by atoms with Crippen molar-refractivity contribution in [1.82, 2.24) is 29.1 Å². The van der Waals surface area contributed by atoms with Crippen molar-refractivity contribution in [2.45, 2.75) is 13.1 Å². The molecule has 0 saturated heterocycles. The third-order valence-electron chi connectivity index (χ3n) is 3.51. The van der Waals surface area contributed by atoms with Gasteiger partial charge in [-0.25, -0.2) is 19.9 Å². The van der Waals surface area contributed by atoms with E-state index in [1.807, 2.05) is 45.8 Å². The van der Waals surface area contributed by atoms with Gasteiger partial charge in [0.1, 0.15) is 0 Å². The summed E-state index contributed by atoms with van der Waals surface area (Å²) in [5.41, 5.74) is 3.72. The number of aromatic nitrogens is 6. The van der Waals surface area contributed by atoms with Gasteiger partial charge in [0.2, 0.25) is 0 Å². The van der Waals surface area contributed by atoms with Gasteiger partial charge in [0.15, 0.2) is 0 Å². The van der Waals surface area contributed by atoms with E-state index in [0.29, 0.717) is 13.1 Å².